The van der Waals surface area contributed by atoms with Crippen LogP contribution in [0.1, 0.15) is 38.1 Å². The molecule has 0 saturated heterocycles. The number of rotatable bonds is 2. The predicted molar refractivity (Wildman–Crippen MR) is 73.0 cm³/mol. The second-order valence-electron chi connectivity index (χ2n) is 5.29. The third-order valence-corrected chi connectivity index (χ3v) is 4.14. The number of nitrogens with zero attached hydrogens (tertiary/aromatic N) is 2. The van der Waals surface area contributed by atoms with Gasteiger partial charge in [0.2, 0.25) is 0 Å². The molecule has 0 radical (unpaired) electrons. The quantitative estimate of drug-likeness (QED) is 0.841. The van der Waals surface area contributed by atoms with E-state index in [0.717, 1.165) is 43.1 Å². The summed E-state index contributed by atoms with van der Waals surface area (Å²) in [6.07, 6.45) is 6.74. The molecule has 4 nitrogen and oxygen atoms in total. The van der Waals surface area contributed by atoms with E-state index in [0.29, 0.717) is 0 Å². The van der Waals surface area contributed by atoms with Crippen molar-refractivity contribution in [2.45, 2.75) is 38.1 Å². The van der Waals surface area contributed by atoms with E-state index < -0.39 is 5.97 Å². The summed E-state index contributed by atoms with van der Waals surface area (Å²) in [4.78, 5) is 15.9. The number of carbonyl (C=O) groups is 1. The van der Waals surface area contributed by atoms with Gasteiger partial charge in [-0.05, 0) is 25.0 Å². The molecule has 2 aromatic rings. The largest absolute Gasteiger partial charge is 0.481 e. The monoisotopic (exact) mass is 258 g/mol. The molecule has 0 amide bonds. The molecule has 2 unspecified atom stereocenters. The Morgan fingerprint density at radius 1 is 1.21 bits per heavy atom. The van der Waals surface area contributed by atoms with E-state index in [1.165, 1.54) is 0 Å². The van der Waals surface area contributed by atoms with Crippen LogP contribution in [0.2, 0.25) is 0 Å². The lowest BCUT2D eigenvalue weighted by Gasteiger charge is -2.23. The molecule has 19 heavy (non-hydrogen) atoms. The molecule has 1 heterocycles. The van der Waals surface area contributed by atoms with Crippen molar-refractivity contribution in [1.82, 2.24) is 9.55 Å². The zero-order valence-corrected chi connectivity index (χ0v) is 10.8. The van der Waals surface area contributed by atoms with Crippen LogP contribution in [0.3, 0.4) is 0 Å². The Bertz CT molecular complexity index is 591. The van der Waals surface area contributed by atoms with Gasteiger partial charge in [0.15, 0.2) is 0 Å². The Morgan fingerprint density at radius 2 is 2.00 bits per heavy atom. The fourth-order valence-electron chi connectivity index (χ4n) is 3.15. The van der Waals surface area contributed by atoms with Crippen LogP contribution in [0.5, 0.6) is 0 Å². The van der Waals surface area contributed by atoms with Gasteiger partial charge in [-0.25, -0.2) is 4.98 Å². The SMILES string of the molecule is O=C(O)C1CCCCCC1n1cnc2ccccc21. The highest BCUT2D eigenvalue weighted by molar-refractivity contribution is 5.76. The number of aromatic nitrogens is 2. The number of hydrogen-bond donors (Lipinski definition) is 1. The van der Waals surface area contributed by atoms with Crippen molar-refractivity contribution in [1.29, 1.82) is 0 Å². The first-order valence-corrected chi connectivity index (χ1v) is 6.92. The van der Waals surface area contributed by atoms with Crippen molar-refractivity contribution in [3.05, 3.63) is 30.6 Å². The molecule has 1 aromatic carbocycles. The van der Waals surface area contributed by atoms with E-state index in [9.17, 15) is 9.90 Å². The average Bonchev–Trinajstić information content (AvgIpc) is 2.67. The summed E-state index contributed by atoms with van der Waals surface area (Å²) in [7, 11) is 0. The molecule has 4 heteroatoms. The number of carboxylic acid groups (broad SMARTS) is 1. The Morgan fingerprint density at radius 3 is 2.84 bits per heavy atom. The molecule has 1 aromatic heterocycles. The first-order valence-electron chi connectivity index (χ1n) is 6.92. The molecule has 1 saturated carbocycles. The maximum atomic E-state index is 11.5. The minimum atomic E-state index is -0.676. The van der Waals surface area contributed by atoms with Crippen LogP contribution in [0.25, 0.3) is 11.0 Å². The first-order chi connectivity index (χ1) is 9.27. The molecule has 0 aliphatic heterocycles. The molecular formula is C15H18N2O2. The van der Waals surface area contributed by atoms with Crippen molar-refractivity contribution in [3.63, 3.8) is 0 Å². The van der Waals surface area contributed by atoms with Gasteiger partial charge < -0.3 is 9.67 Å². The van der Waals surface area contributed by atoms with Crippen molar-refractivity contribution < 1.29 is 9.90 Å². The molecule has 2 atom stereocenters. The lowest BCUT2D eigenvalue weighted by atomic mass is 9.94. The number of fused-ring (bicyclic) bond motifs is 1. The van der Waals surface area contributed by atoms with E-state index in [1.807, 2.05) is 24.3 Å². The van der Waals surface area contributed by atoms with E-state index in [1.54, 1.807) is 6.33 Å². The van der Waals surface area contributed by atoms with Crippen molar-refractivity contribution in [3.8, 4) is 0 Å². The molecule has 1 fully saturated rings. The van der Waals surface area contributed by atoms with Gasteiger partial charge in [-0.3, -0.25) is 4.79 Å². The highest BCUT2D eigenvalue weighted by atomic mass is 16.4. The number of imidazole rings is 1. The summed E-state index contributed by atoms with van der Waals surface area (Å²) in [6, 6.07) is 7.96. The van der Waals surface area contributed by atoms with Crippen LogP contribution in [0.15, 0.2) is 30.6 Å². The van der Waals surface area contributed by atoms with Crippen LogP contribution >= 0.6 is 0 Å². The molecule has 100 valence electrons. The fraction of sp³-hybridized carbons (Fsp3) is 0.467. The van der Waals surface area contributed by atoms with E-state index >= 15 is 0 Å². The molecule has 1 aliphatic carbocycles. The zero-order chi connectivity index (χ0) is 13.2. The van der Waals surface area contributed by atoms with Gasteiger partial charge >= 0.3 is 5.97 Å². The molecule has 1 aliphatic rings. The normalized spacial score (nSPS) is 24.2. The Hall–Kier alpha value is -1.84. The smallest absolute Gasteiger partial charge is 0.308 e. The maximum absolute atomic E-state index is 11.5. The first kappa shape index (κ1) is 12.2. The molecule has 3 rings (SSSR count). The van der Waals surface area contributed by atoms with Gasteiger partial charge in [0, 0.05) is 6.04 Å². The summed E-state index contributed by atoms with van der Waals surface area (Å²) < 4.78 is 2.07. The van der Waals surface area contributed by atoms with E-state index in [4.69, 9.17) is 0 Å². The zero-order valence-electron chi connectivity index (χ0n) is 10.8. The maximum Gasteiger partial charge on any atom is 0.308 e. The Balaban J connectivity index is 2.04. The number of para-hydroxylation sites is 2. The number of benzene rings is 1. The lowest BCUT2D eigenvalue weighted by molar-refractivity contribution is -0.143. The summed E-state index contributed by atoms with van der Waals surface area (Å²) in [6.45, 7) is 0. The number of hydrogen-bond acceptors (Lipinski definition) is 2. The van der Waals surface area contributed by atoms with Gasteiger partial charge in [0.1, 0.15) is 0 Å². The minimum Gasteiger partial charge on any atom is -0.481 e. The van der Waals surface area contributed by atoms with Gasteiger partial charge in [0.25, 0.3) is 0 Å². The van der Waals surface area contributed by atoms with E-state index in [2.05, 4.69) is 9.55 Å². The van der Waals surface area contributed by atoms with Gasteiger partial charge in [-0.15, -0.1) is 0 Å². The molecule has 1 N–H and O–H groups in total. The Labute approximate surface area is 112 Å². The predicted octanol–water partition coefficient (Wildman–Crippen LogP) is 3.24. The topological polar surface area (TPSA) is 55.1 Å². The van der Waals surface area contributed by atoms with Crippen LogP contribution < -0.4 is 0 Å². The van der Waals surface area contributed by atoms with Gasteiger partial charge in [0.05, 0.1) is 23.3 Å². The van der Waals surface area contributed by atoms with Crippen molar-refractivity contribution >= 4 is 17.0 Å². The van der Waals surface area contributed by atoms with Crippen LogP contribution in [-0.4, -0.2) is 20.6 Å². The number of aliphatic carboxylic acids is 1. The summed E-state index contributed by atoms with van der Waals surface area (Å²) in [5, 5.41) is 9.47. The third kappa shape index (κ3) is 2.23. The summed E-state index contributed by atoms with van der Waals surface area (Å²) >= 11 is 0. The molecule has 0 spiro atoms. The van der Waals surface area contributed by atoms with Crippen LogP contribution in [-0.2, 0) is 4.79 Å². The van der Waals surface area contributed by atoms with Gasteiger partial charge in [-0.1, -0.05) is 31.4 Å². The third-order valence-electron chi connectivity index (χ3n) is 4.14. The van der Waals surface area contributed by atoms with Gasteiger partial charge in [-0.2, -0.15) is 0 Å². The van der Waals surface area contributed by atoms with Crippen molar-refractivity contribution in [2.75, 3.05) is 0 Å². The molecular weight excluding hydrogens is 240 g/mol. The molecule has 0 bridgehead atoms. The second-order valence-corrected chi connectivity index (χ2v) is 5.29. The van der Waals surface area contributed by atoms with Crippen LogP contribution in [0, 0.1) is 5.92 Å². The highest BCUT2D eigenvalue weighted by Gasteiger charge is 2.31. The number of carboxylic acids is 1. The fourth-order valence-corrected chi connectivity index (χ4v) is 3.15. The highest BCUT2D eigenvalue weighted by Crippen LogP contribution is 2.34. The van der Waals surface area contributed by atoms with Crippen LogP contribution in [0.4, 0.5) is 0 Å². The van der Waals surface area contributed by atoms with Crippen molar-refractivity contribution in [2.24, 2.45) is 5.92 Å². The average molecular weight is 258 g/mol. The summed E-state index contributed by atoms with van der Waals surface area (Å²) in [5.41, 5.74) is 1.98. The standard InChI is InChI=1S/C15H18N2O2/c18-15(19)11-6-2-1-3-8-13(11)17-10-16-12-7-4-5-9-14(12)17/h4-5,7,9-11,13H,1-3,6,8H2,(H,18,19). The Kier molecular flexibility index (Phi) is 3.23. The second kappa shape index (κ2) is 5.03. The van der Waals surface area contributed by atoms with E-state index in [-0.39, 0.29) is 12.0 Å². The minimum absolute atomic E-state index is 0.0346. The summed E-state index contributed by atoms with van der Waals surface area (Å²) in [5.74, 6) is -0.968. The lowest BCUT2D eigenvalue weighted by Crippen LogP contribution is -2.25.